The minimum Gasteiger partial charge on any atom is -0.452 e. The molecular weight excluding hydrogens is 404 g/mol. The van der Waals surface area contributed by atoms with Crippen molar-refractivity contribution in [2.24, 2.45) is 0 Å². The van der Waals surface area contributed by atoms with Gasteiger partial charge in [0.05, 0.1) is 5.02 Å². The molecule has 3 aromatic rings. The van der Waals surface area contributed by atoms with Crippen molar-refractivity contribution in [3.05, 3.63) is 76.5 Å². The lowest BCUT2D eigenvalue weighted by molar-refractivity contribution is -0.124. The molecule has 1 N–H and O–H groups in total. The quantitative estimate of drug-likeness (QED) is 0.532. The third-order valence-electron chi connectivity index (χ3n) is 4.65. The van der Waals surface area contributed by atoms with Crippen molar-refractivity contribution in [2.45, 2.75) is 32.7 Å². The van der Waals surface area contributed by atoms with Gasteiger partial charge in [-0.05, 0) is 38.3 Å². The Hall–Kier alpha value is -3.12. The average molecular weight is 427 g/mol. The normalized spacial score (nSPS) is 11.7. The number of amides is 1. The van der Waals surface area contributed by atoms with E-state index in [1.54, 1.807) is 31.2 Å². The van der Waals surface area contributed by atoms with Crippen molar-refractivity contribution in [3.63, 3.8) is 0 Å². The van der Waals surface area contributed by atoms with Gasteiger partial charge in [0.15, 0.2) is 6.61 Å². The zero-order chi connectivity index (χ0) is 21.5. The molecule has 0 fully saturated rings. The molecule has 0 aliphatic rings. The first-order valence-corrected chi connectivity index (χ1v) is 10.0. The number of nitrogens with zero attached hydrogens (tertiary/aromatic N) is 1. The van der Waals surface area contributed by atoms with Gasteiger partial charge in [0.2, 0.25) is 0 Å². The Kier molecular flexibility index (Phi) is 7.25. The van der Waals surface area contributed by atoms with Crippen LogP contribution in [-0.4, -0.2) is 29.7 Å². The number of carbonyl (C=O) groups is 2. The fourth-order valence-electron chi connectivity index (χ4n) is 3.07. The molecule has 7 heteroatoms. The molecule has 1 amide bonds. The van der Waals surface area contributed by atoms with Gasteiger partial charge in [-0.2, -0.15) is 0 Å². The summed E-state index contributed by atoms with van der Waals surface area (Å²) in [5.74, 6) is -0.750. The van der Waals surface area contributed by atoms with E-state index in [0.29, 0.717) is 22.0 Å². The van der Waals surface area contributed by atoms with Crippen molar-refractivity contribution < 1.29 is 18.8 Å². The third kappa shape index (κ3) is 5.48. The molecular formula is C23H23ClN2O4. The number of hydrogen-bond acceptors (Lipinski definition) is 5. The number of aromatic nitrogens is 1. The van der Waals surface area contributed by atoms with Gasteiger partial charge in [-0.25, -0.2) is 4.79 Å². The Morgan fingerprint density at radius 1 is 1.13 bits per heavy atom. The molecule has 0 radical (unpaired) electrons. The molecule has 1 heterocycles. The lowest BCUT2D eigenvalue weighted by atomic mass is 10.1. The molecule has 0 saturated carbocycles. The van der Waals surface area contributed by atoms with Crippen LogP contribution in [0.1, 0.15) is 35.0 Å². The van der Waals surface area contributed by atoms with Crippen LogP contribution >= 0.6 is 11.6 Å². The average Bonchev–Trinajstić information content (AvgIpc) is 3.13. The molecule has 30 heavy (non-hydrogen) atoms. The fraction of sp³-hybridized carbons (Fsp3) is 0.261. The van der Waals surface area contributed by atoms with Crippen molar-refractivity contribution in [3.8, 4) is 11.3 Å². The van der Waals surface area contributed by atoms with E-state index in [9.17, 15) is 9.59 Å². The summed E-state index contributed by atoms with van der Waals surface area (Å²) in [6, 6.07) is 17.0. The Labute approximate surface area is 180 Å². The van der Waals surface area contributed by atoms with Crippen LogP contribution in [-0.2, 0) is 16.0 Å². The summed E-state index contributed by atoms with van der Waals surface area (Å²) in [6.45, 7) is 3.14. The SMILES string of the molecule is Cc1onc(-c2ccccc2Cl)c1C(=O)OCC(=O)N[C@@H](C)CCc1ccccc1. The molecule has 0 aliphatic carbocycles. The van der Waals surface area contributed by atoms with Crippen LogP contribution in [0.15, 0.2) is 59.1 Å². The fourth-order valence-corrected chi connectivity index (χ4v) is 3.29. The van der Waals surface area contributed by atoms with E-state index < -0.39 is 5.97 Å². The van der Waals surface area contributed by atoms with Crippen molar-refractivity contribution in [2.75, 3.05) is 6.61 Å². The molecule has 0 bridgehead atoms. The largest absolute Gasteiger partial charge is 0.452 e. The Morgan fingerprint density at radius 3 is 2.57 bits per heavy atom. The Morgan fingerprint density at radius 2 is 1.83 bits per heavy atom. The molecule has 3 rings (SSSR count). The number of carbonyl (C=O) groups excluding carboxylic acids is 2. The number of aryl methyl sites for hydroxylation is 2. The number of halogens is 1. The third-order valence-corrected chi connectivity index (χ3v) is 4.98. The van der Waals surface area contributed by atoms with Crippen LogP contribution < -0.4 is 5.32 Å². The van der Waals surface area contributed by atoms with E-state index in [2.05, 4.69) is 10.5 Å². The minimum absolute atomic E-state index is 0.0487. The molecule has 0 aliphatic heterocycles. The van der Waals surface area contributed by atoms with Crippen molar-refractivity contribution in [1.29, 1.82) is 0 Å². The predicted molar refractivity (Wildman–Crippen MR) is 114 cm³/mol. The molecule has 2 aromatic carbocycles. The number of hydrogen-bond donors (Lipinski definition) is 1. The van der Waals surface area contributed by atoms with Gasteiger partial charge in [0.1, 0.15) is 17.0 Å². The van der Waals surface area contributed by atoms with Crippen LogP contribution in [0.4, 0.5) is 0 Å². The molecule has 0 unspecified atom stereocenters. The summed E-state index contributed by atoms with van der Waals surface area (Å²) in [5.41, 5.74) is 2.22. The van der Waals surface area contributed by atoms with Gasteiger partial charge in [-0.15, -0.1) is 0 Å². The first-order chi connectivity index (χ1) is 14.5. The van der Waals surface area contributed by atoms with Crippen LogP contribution in [0, 0.1) is 6.92 Å². The number of esters is 1. The van der Waals surface area contributed by atoms with E-state index in [1.165, 1.54) is 5.56 Å². The maximum Gasteiger partial charge on any atom is 0.344 e. The first-order valence-electron chi connectivity index (χ1n) is 9.67. The van der Waals surface area contributed by atoms with Gasteiger partial charge in [0, 0.05) is 11.6 Å². The molecule has 1 aromatic heterocycles. The summed E-state index contributed by atoms with van der Waals surface area (Å²) in [7, 11) is 0. The van der Waals surface area contributed by atoms with Crippen LogP contribution in [0.2, 0.25) is 5.02 Å². The highest BCUT2D eigenvalue weighted by Gasteiger charge is 2.25. The standard InChI is InChI=1S/C23H23ClN2O4/c1-15(12-13-17-8-4-3-5-9-17)25-20(27)14-29-23(28)21-16(2)30-26-22(21)18-10-6-7-11-19(18)24/h3-11,15H,12-14H2,1-2H3,(H,25,27)/t15-/m0/s1. The monoisotopic (exact) mass is 426 g/mol. The van der Waals surface area contributed by atoms with Gasteiger partial charge in [0.25, 0.3) is 5.91 Å². The molecule has 0 saturated heterocycles. The van der Waals surface area contributed by atoms with E-state index >= 15 is 0 Å². The second kappa shape index (κ2) is 10.1. The highest BCUT2D eigenvalue weighted by atomic mass is 35.5. The van der Waals surface area contributed by atoms with Crippen molar-refractivity contribution in [1.82, 2.24) is 10.5 Å². The van der Waals surface area contributed by atoms with Crippen LogP contribution in [0.25, 0.3) is 11.3 Å². The van der Waals surface area contributed by atoms with E-state index in [0.717, 1.165) is 12.8 Å². The lowest BCUT2D eigenvalue weighted by Crippen LogP contribution is -2.36. The zero-order valence-corrected chi connectivity index (χ0v) is 17.6. The highest BCUT2D eigenvalue weighted by molar-refractivity contribution is 6.33. The number of nitrogens with one attached hydrogen (secondary N) is 1. The summed E-state index contributed by atoms with van der Waals surface area (Å²) >= 11 is 6.21. The topological polar surface area (TPSA) is 81.4 Å². The van der Waals surface area contributed by atoms with Crippen molar-refractivity contribution >= 4 is 23.5 Å². The van der Waals surface area contributed by atoms with Gasteiger partial charge < -0.3 is 14.6 Å². The Balaban J connectivity index is 1.55. The predicted octanol–water partition coefficient (Wildman–Crippen LogP) is 4.60. The van der Waals surface area contributed by atoms with Gasteiger partial charge in [-0.1, -0.05) is 65.3 Å². The number of rotatable bonds is 8. The first kappa shape index (κ1) is 21.6. The summed E-state index contributed by atoms with van der Waals surface area (Å²) in [5, 5.41) is 7.22. The van der Waals surface area contributed by atoms with E-state index in [-0.39, 0.29) is 24.1 Å². The highest BCUT2D eigenvalue weighted by Crippen LogP contribution is 2.31. The molecule has 6 nitrogen and oxygen atoms in total. The van der Waals surface area contributed by atoms with E-state index in [4.69, 9.17) is 20.9 Å². The summed E-state index contributed by atoms with van der Waals surface area (Å²) in [4.78, 5) is 24.8. The lowest BCUT2D eigenvalue weighted by Gasteiger charge is -2.14. The van der Waals surface area contributed by atoms with Crippen LogP contribution in [0.5, 0.6) is 0 Å². The Bertz CT molecular complexity index is 1020. The zero-order valence-electron chi connectivity index (χ0n) is 16.9. The molecule has 156 valence electrons. The smallest absolute Gasteiger partial charge is 0.344 e. The summed E-state index contributed by atoms with van der Waals surface area (Å²) in [6.07, 6.45) is 1.63. The second-order valence-corrected chi connectivity index (χ2v) is 7.42. The van der Waals surface area contributed by atoms with E-state index in [1.807, 2.05) is 37.3 Å². The second-order valence-electron chi connectivity index (χ2n) is 7.01. The summed E-state index contributed by atoms with van der Waals surface area (Å²) < 4.78 is 10.4. The maximum atomic E-state index is 12.6. The van der Waals surface area contributed by atoms with Gasteiger partial charge in [-0.3, -0.25) is 4.79 Å². The minimum atomic E-state index is -0.684. The van der Waals surface area contributed by atoms with Gasteiger partial charge >= 0.3 is 5.97 Å². The van der Waals surface area contributed by atoms with Crippen LogP contribution in [0.3, 0.4) is 0 Å². The number of ether oxygens (including phenoxy) is 1. The maximum absolute atomic E-state index is 12.6. The number of benzene rings is 2. The molecule has 1 atom stereocenters. The molecule has 0 spiro atoms.